The van der Waals surface area contributed by atoms with Gasteiger partial charge in [0.2, 0.25) is 0 Å². The van der Waals surface area contributed by atoms with E-state index in [4.69, 9.17) is 24.4 Å². The van der Waals surface area contributed by atoms with Gasteiger partial charge in [-0.1, -0.05) is 127 Å². The van der Waals surface area contributed by atoms with E-state index < -0.39 is 0 Å². The van der Waals surface area contributed by atoms with Crippen LogP contribution in [0.4, 0.5) is 0 Å². The summed E-state index contributed by atoms with van der Waals surface area (Å²) in [5, 5.41) is 4.35. The fourth-order valence-corrected chi connectivity index (χ4v) is 7.78. The molecule has 6 heteroatoms. The average molecular weight is 718 g/mol. The first-order chi connectivity index (χ1) is 27.7. The normalized spacial score (nSPS) is 11.6. The molecule has 7 aromatic carbocycles. The Morgan fingerprint density at radius 3 is 1.66 bits per heavy atom. The molecule has 4 aromatic heterocycles. The maximum absolute atomic E-state index is 6.62. The number of furan rings is 1. The van der Waals surface area contributed by atoms with E-state index in [9.17, 15) is 0 Å². The zero-order valence-corrected chi connectivity index (χ0v) is 30.0. The van der Waals surface area contributed by atoms with Gasteiger partial charge in [-0.3, -0.25) is 4.57 Å². The van der Waals surface area contributed by atoms with Crippen LogP contribution in [-0.4, -0.2) is 24.5 Å². The summed E-state index contributed by atoms with van der Waals surface area (Å²) in [6.45, 7) is 0. The standard InChI is InChI=1S/C50H31N5O/c1-3-11-32(12-4-1)34-20-22-35(23-21-34)47-52-48(37-16-9-15-36(29-37)33-13-5-2-6-14-33)54-49(53-47)38-24-26-41-42-27-25-39(31-46(42)56-45(41)30-38)55-44-19-8-7-17-40(44)43-18-10-28-51-50(43)55/h1-31H. The average Bonchev–Trinajstić information content (AvgIpc) is 3.82. The van der Waals surface area contributed by atoms with Crippen LogP contribution in [0.25, 0.3) is 106 Å². The predicted molar refractivity (Wildman–Crippen MR) is 226 cm³/mol. The Bertz CT molecular complexity index is 3190. The van der Waals surface area contributed by atoms with Crippen molar-refractivity contribution in [2.24, 2.45) is 0 Å². The SMILES string of the molecule is c1ccc(-c2ccc(-c3nc(-c4cccc(-c5ccccc5)c4)nc(-c4ccc5c(c4)oc4cc(-n6c7ccccc7c7cccnc76)ccc45)n3)cc2)cc1. The highest BCUT2D eigenvalue weighted by Gasteiger charge is 2.18. The highest BCUT2D eigenvalue weighted by Crippen LogP contribution is 2.37. The van der Waals surface area contributed by atoms with Gasteiger partial charge in [-0.05, 0) is 70.8 Å². The van der Waals surface area contributed by atoms with Crippen molar-refractivity contribution < 1.29 is 4.42 Å². The predicted octanol–water partition coefficient (Wildman–Crippen LogP) is 12.6. The van der Waals surface area contributed by atoms with Gasteiger partial charge >= 0.3 is 0 Å². The van der Waals surface area contributed by atoms with Crippen molar-refractivity contribution in [3.63, 3.8) is 0 Å². The summed E-state index contributed by atoms with van der Waals surface area (Å²) >= 11 is 0. The van der Waals surface area contributed by atoms with Gasteiger partial charge in [-0.25, -0.2) is 19.9 Å². The van der Waals surface area contributed by atoms with Crippen LogP contribution in [0.1, 0.15) is 0 Å². The highest BCUT2D eigenvalue weighted by atomic mass is 16.3. The monoisotopic (exact) mass is 717 g/mol. The summed E-state index contributed by atoms with van der Waals surface area (Å²) in [6.07, 6.45) is 1.84. The molecule has 11 rings (SSSR count). The van der Waals surface area contributed by atoms with Gasteiger partial charge in [-0.2, -0.15) is 0 Å². The fourth-order valence-electron chi connectivity index (χ4n) is 7.78. The molecule has 0 radical (unpaired) electrons. The third-order valence-corrected chi connectivity index (χ3v) is 10.5. The van der Waals surface area contributed by atoms with E-state index >= 15 is 0 Å². The first-order valence-corrected chi connectivity index (χ1v) is 18.6. The first-order valence-electron chi connectivity index (χ1n) is 18.6. The van der Waals surface area contributed by atoms with Gasteiger partial charge in [0, 0.05) is 50.5 Å². The quantitative estimate of drug-likeness (QED) is 0.171. The van der Waals surface area contributed by atoms with E-state index in [0.717, 1.165) is 83.1 Å². The number of hydrogen-bond donors (Lipinski definition) is 0. The molecule has 0 atom stereocenters. The van der Waals surface area contributed by atoms with E-state index in [-0.39, 0.29) is 0 Å². The van der Waals surface area contributed by atoms with Gasteiger partial charge in [0.05, 0.1) is 11.2 Å². The topological polar surface area (TPSA) is 69.6 Å². The van der Waals surface area contributed by atoms with Crippen molar-refractivity contribution in [1.29, 1.82) is 0 Å². The zero-order valence-electron chi connectivity index (χ0n) is 30.0. The minimum atomic E-state index is 0.571. The zero-order chi connectivity index (χ0) is 37.0. The van der Waals surface area contributed by atoms with E-state index in [1.165, 1.54) is 5.39 Å². The van der Waals surface area contributed by atoms with E-state index in [1.807, 2.05) is 30.5 Å². The van der Waals surface area contributed by atoms with Gasteiger partial charge < -0.3 is 4.42 Å². The molecule has 6 nitrogen and oxygen atoms in total. The maximum Gasteiger partial charge on any atom is 0.164 e. The van der Waals surface area contributed by atoms with Crippen LogP contribution in [0.15, 0.2) is 193 Å². The van der Waals surface area contributed by atoms with E-state index in [1.54, 1.807) is 0 Å². The molecule has 0 spiro atoms. The molecule has 56 heavy (non-hydrogen) atoms. The van der Waals surface area contributed by atoms with Crippen LogP contribution < -0.4 is 0 Å². The summed E-state index contributed by atoms with van der Waals surface area (Å²) in [5.74, 6) is 1.77. The van der Waals surface area contributed by atoms with Gasteiger partial charge in [0.15, 0.2) is 17.5 Å². The molecular formula is C50H31N5O. The Morgan fingerprint density at radius 2 is 0.893 bits per heavy atom. The number of benzene rings is 7. The molecule has 11 aromatic rings. The molecule has 0 aliphatic carbocycles. The molecule has 0 unspecified atom stereocenters. The van der Waals surface area contributed by atoms with Gasteiger partial charge in [0.1, 0.15) is 16.8 Å². The van der Waals surface area contributed by atoms with Crippen LogP contribution in [0.5, 0.6) is 0 Å². The number of fused-ring (bicyclic) bond motifs is 6. The molecule has 0 saturated heterocycles. The Kier molecular flexibility index (Phi) is 7.38. The third-order valence-electron chi connectivity index (χ3n) is 10.5. The molecule has 0 amide bonds. The summed E-state index contributed by atoms with van der Waals surface area (Å²) in [7, 11) is 0. The summed E-state index contributed by atoms with van der Waals surface area (Å²) in [4.78, 5) is 20.0. The number of rotatable bonds is 6. The Balaban J connectivity index is 1.03. The summed E-state index contributed by atoms with van der Waals surface area (Å²) < 4.78 is 8.83. The molecule has 0 aliphatic rings. The van der Waals surface area contributed by atoms with Crippen molar-refractivity contribution in [3.8, 4) is 62.1 Å². The maximum atomic E-state index is 6.62. The Hall–Kier alpha value is -7.70. The number of pyridine rings is 1. The fraction of sp³-hybridized carbons (Fsp3) is 0. The third kappa shape index (κ3) is 5.43. The largest absolute Gasteiger partial charge is 0.456 e. The van der Waals surface area contributed by atoms with Crippen molar-refractivity contribution >= 4 is 43.9 Å². The van der Waals surface area contributed by atoms with Crippen molar-refractivity contribution in [3.05, 3.63) is 188 Å². The van der Waals surface area contributed by atoms with Crippen LogP contribution >= 0.6 is 0 Å². The second-order valence-electron chi connectivity index (χ2n) is 13.9. The van der Waals surface area contributed by atoms with Gasteiger partial charge in [0.25, 0.3) is 0 Å². The van der Waals surface area contributed by atoms with E-state index in [2.05, 4.69) is 162 Å². The highest BCUT2D eigenvalue weighted by molar-refractivity contribution is 6.09. The lowest BCUT2D eigenvalue weighted by atomic mass is 10.0. The van der Waals surface area contributed by atoms with Crippen molar-refractivity contribution in [2.45, 2.75) is 0 Å². The molecule has 4 heterocycles. The summed E-state index contributed by atoms with van der Waals surface area (Å²) in [5.41, 5.74) is 11.7. The minimum absolute atomic E-state index is 0.571. The molecule has 0 N–H and O–H groups in total. The summed E-state index contributed by atoms with van der Waals surface area (Å²) in [6, 6.07) is 62.6. The van der Waals surface area contributed by atoms with Gasteiger partial charge in [-0.15, -0.1) is 0 Å². The lowest BCUT2D eigenvalue weighted by Gasteiger charge is -2.10. The number of aromatic nitrogens is 5. The smallest absolute Gasteiger partial charge is 0.164 e. The molecule has 0 saturated carbocycles. The van der Waals surface area contributed by atoms with Crippen molar-refractivity contribution in [2.75, 3.05) is 0 Å². The molecule has 0 aliphatic heterocycles. The molecular weight excluding hydrogens is 687 g/mol. The second kappa shape index (κ2) is 13.0. The van der Waals surface area contributed by atoms with Crippen LogP contribution in [0, 0.1) is 0 Å². The van der Waals surface area contributed by atoms with Crippen LogP contribution in [-0.2, 0) is 0 Å². The van der Waals surface area contributed by atoms with Crippen molar-refractivity contribution in [1.82, 2.24) is 24.5 Å². The van der Waals surface area contributed by atoms with E-state index in [0.29, 0.717) is 17.5 Å². The molecule has 0 bridgehead atoms. The lowest BCUT2D eigenvalue weighted by molar-refractivity contribution is 0.668. The lowest BCUT2D eigenvalue weighted by Crippen LogP contribution is -2.00. The Morgan fingerprint density at radius 1 is 0.357 bits per heavy atom. The molecule has 262 valence electrons. The Labute approximate surface area is 322 Å². The number of para-hydroxylation sites is 1. The second-order valence-corrected chi connectivity index (χ2v) is 13.9. The number of nitrogens with zero attached hydrogens (tertiary/aromatic N) is 5. The first kappa shape index (κ1) is 31.8. The molecule has 0 fully saturated rings. The minimum Gasteiger partial charge on any atom is -0.456 e. The van der Waals surface area contributed by atoms with Crippen LogP contribution in [0.3, 0.4) is 0 Å². The number of hydrogen-bond acceptors (Lipinski definition) is 5. The van der Waals surface area contributed by atoms with Crippen LogP contribution in [0.2, 0.25) is 0 Å².